The second-order valence-electron chi connectivity index (χ2n) is 11.9. The summed E-state index contributed by atoms with van der Waals surface area (Å²) < 4.78 is 2.68. The molecule has 59 heavy (non-hydrogen) atoms. The maximum Gasteiger partial charge on any atom is 0.253 e. The summed E-state index contributed by atoms with van der Waals surface area (Å²) >= 11 is 5.98. The zero-order chi connectivity index (χ0) is 41.5. The van der Waals surface area contributed by atoms with E-state index < -0.39 is 22.3 Å². The van der Waals surface area contributed by atoms with Crippen LogP contribution >= 0.6 is 57.5 Å². The average molecular weight is 885 g/mol. The van der Waals surface area contributed by atoms with E-state index >= 15 is 0 Å². The van der Waals surface area contributed by atoms with E-state index in [4.69, 9.17) is 0 Å². The molecule has 0 radical (unpaired) electrons. The van der Waals surface area contributed by atoms with E-state index in [1.807, 2.05) is 48.5 Å². The van der Waals surface area contributed by atoms with E-state index in [9.17, 15) is 30.0 Å². The van der Waals surface area contributed by atoms with E-state index in [1.165, 1.54) is 58.3 Å². The fourth-order valence-corrected chi connectivity index (χ4v) is 9.65. The lowest BCUT2D eigenvalue weighted by molar-refractivity contribution is -0.121. The summed E-state index contributed by atoms with van der Waals surface area (Å²) in [5, 5.41) is 73.0. The number of amides is 2. The van der Waals surface area contributed by atoms with E-state index in [2.05, 4.69) is 61.7 Å². The number of aromatic nitrogens is 4. The summed E-state index contributed by atoms with van der Waals surface area (Å²) in [6.07, 6.45) is 0. The van der Waals surface area contributed by atoms with Crippen molar-refractivity contribution in [2.45, 2.75) is 33.0 Å². The number of hydrogen-bond acceptors (Lipinski definition) is 19. The van der Waals surface area contributed by atoms with Gasteiger partial charge in [-0.1, -0.05) is 81.8 Å². The Morgan fingerprint density at radius 1 is 0.610 bits per heavy atom. The molecule has 3 heterocycles. The monoisotopic (exact) mass is 884 g/mol. The second-order valence-corrected chi connectivity index (χ2v) is 18.1. The quantitative estimate of drug-likeness (QED) is 0.0224. The van der Waals surface area contributed by atoms with Crippen molar-refractivity contribution in [2.24, 2.45) is 30.7 Å². The number of aromatic hydroxyl groups is 4. The molecule has 3 aromatic heterocycles. The number of hydrazone groups is 2. The van der Waals surface area contributed by atoms with Gasteiger partial charge in [-0.2, -0.15) is 10.2 Å². The molecule has 0 saturated heterocycles. The van der Waals surface area contributed by atoms with Gasteiger partial charge in [0, 0.05) is 12.1 Å². The number of rotatable bonds is 12. The van der Waals surface area contributed by atoms with Gasteiger partial charge in [0.05, 0.1) is 42.1 Å². The first-order chi connectivity index (χ1) is 28.5. The highest BCUT2D eigenvalue weighted by Gasteiger charge is 2.22. The van der Waals surface area contributed by atoms with Gasteiger partial charge in [-0.25, -0.2) is 20.8 Å². The molecule has 2 amide bonds. The second kappa shape index (κ2) is 18.5. The van der Waals surface area contributed by atoms with Crippen LogP contribution in [0.1, 0.15) is 25.0 Å². The van der Waals surface area contributed by atoms with Crippen LogP contribution in [-0.2, 0) is 9.59 Å². The molecule has 2 unspecified atom stereocenters. The van der Waals surface area contributed by atoms with Crippen molar-refractivity contribution in [1.29, 1.82) is 0 Å². The highest BCUT2D eigenvalue weighted by Crippen LogP contribution is 2.34. The standard InChI is InChI=1S/C36H28N12O6S5/c1-17(31(53)43-39-29(21-13-11-19(49)15-25(21)51)41-45-33-37-23-7-3-5-9-27(23)57-33)55-35-47-48-36(59-35)56-18(2)32(54)44-40-30(22-14-12-20(50)16-26(22)52)42-46-34-38-24-8-4-6-10-28(24)58-34/h3-18,49-52H,1-2H3,(H,43,53)(H,44,54)/b39-29-,40-30+,45-41?,46-42?. The minimum Gasteiger partial charge on any atom is -0.508 e. The topological polar surface area (TPSA) is 265 Å². The van der Waals surface area contributed by atoms with E-state index in [-0.39, 0.29) is 45.8 Å². The van der Waals surface area contributed by atoms with Gasteiger partial charge in [-0.3, -0.25) is 9.59 Å². The molecule has 7 rings (SSSR count). The van der Waals surface area contributed by atoms with Crippen LogP contribution in [-0.4, -0.2) is 74.6 Å². The number of phenols is 4. The number of phenolic OH excluding ortho intramolecular Hbond substituents is 4. The third kappa shape index (κ3) is 10.4. The number of carbonyl (C=O) groups excluding carboxylic acids is 2. The smallest absolute Gasteiger partial charge is 0.253 e. The Hall–Kier alpha value is -6.40. The van der Waals surface area contributed by atoms with Gasteiger partial charge in [0.1, 0.15) is 23.0 Å². The molecule has 4 aromatic carbocycles. The number of amidine groups is 2. The van der Waals surface area contributed by atoms with E-state index in [0.717, 1.165) is 56.1 Å². The van der Waals surface area contributed by atoms with Crippen molar-refractivity contribution >= 4 is 112 Å². The van der Waals surface area contributed by atoms with Gasteiger partial charge in [0.25, 0.3) is 11.8 Å². The molecule has 2 atom stereocenters. The van der Waals surface area contributed by atoms with Crippen LogP contribution in [0.15, 0.2) is 124 Å². The molecular weight excluding hydrogens is 857 g/mol. The Balaban J connectivity index is 0.985. The lowest BCUT2D eigenvalue weighted by atomic mass is 10.2. The van der Waals surface area contributed by atoms with Gasteiger partial charge in [0.2, 0.25) is 21.9 Å². The molecule has 0 fully saturated rings. The number of thioether (sulfide) groups is 2. The Morgan fingerprint density at radius 3 is 1.44 bits per heavy atom. The fraction of sp³-hybridized carbons (Fsp3) is 0.111. The van der Waals surface area contributed by atoms with Crippen LogP contribution in [0.25, 0.3) is 20.4 Å². The molecule has 0 spiro atoms. The number of para-hydroxylation sites is 2. The minimum atomic E-state index is -0.720. The van der Waals surface area contributed by atoms with Crippen molar-refractivity contribution < 1.29 is 30.0 Å². The minimum absolute atomic E-state index is 0.103. The number of carbonyl (C=O) groups is 2. The number of nitrogens with zero attached hydrogens (tertiary/aromatic N) is 10. The van der Waals surface area contributed by atoms with Crippen LogP contribution in [0.3, 0.4) is 0 Å². The number of azo groups is 2. The van der Waals surface area contributed by atoms with Crippen LogP contribution in [0.5, 0.6) is 23.0 Å². The van der Waals surface area contributed by atoms with Crippen molar-refractivity contribution in [2.75, 3.05) is 0 Å². The summed E-state index contributed by atoms with van der Waals surface area (Å²) in [6, 6.07) is 22.6. The molecular formula is C36H28N12O6S5. The van der Waals surface area contributed by atoms with Gasteiger partial charge < -0.3 is 20.4 Å². The summed E-state index contributed by atoms with van der Waals surface area (Å²) in [7, 11) is 0. The average Bonchev–Trinajstić information content (AvgIpc) is 3.96. The van der Waals surface area contributed by atoms with Gasteiger partial charge in [0.15, 0.2) is 8.68 Å². The normalized spacial score (nSPS) is 13.4. The highest BCUT2D eigenvalue weighted by atomic mass is 32.2. The number of fused-ring (bicyclic) bond motifs is 2. The predicted octanol–water partition coefficient (Wildman–Crippen LogP) is 8.06. The molecule has 0 bridgehead atoms. The molecule has 18 nitrogen and oxygen atoms in total. The highest BCUT2D eigenvalue weighted by molar-refractivity contribution is 8.04. The number of hydrogen-bond donors (Lipinski definition) is 6. The first-order valence-corrected chi connectivity index (χ1v) is 21.2. The van der Waals surface area contributed by atoms with Crippen molar-refractivity contribution in [1.82, 2.24) is 31.0 Å². The van der Waals surface area contributed by atoms with E-state index in [1.54, 1.807) is 13.8 Å². The first kappa shape index (κ1) is 40.8. The van der Waals surface area contributed by atoms with Crippen molar-refractivity contribution in [3.8, 4) is 23.0 Å². The third-order valence-corrected chi connectivity index (χ3v) is 12.8. The SMILES string of the molecule is CC(Sc1nnc(SC(C)C(=O)N/N=C(/N=Nc2nc3ccccc3s2)c2ccc(O)cc2O)s1)C(=O)N/N=C(\N=Nc1nc2ccccc2s1)c1ccc(O)cc1O. The molecule has 298 valence electrons. The molecule has 23 heteroatoms. The zero-order valence-corrected chi connectivity index (χ0v) is 34.4. The van der Waals surface area contributed by atoms with Crippen LogP contribution < -0.4 is 10.9 Å². The lowest BCUT2D eigenvalue weighted by Gasteiger charge is -2.09. The lowest BCUT2D eigenvalue weighted by Crippen LogP contribution is -2.27. The number of thiazole rings is 2. The Kier molecular flexibility index (Phi) is 12.8. The Labute approximate surface area is 353 Å². The van der Waals surface area contributed by atoms with Crippen molar-refractivity contribution in [3.05, 3.63) is 96.1 Å². The van der Waals surface area contributed by atoms with Gasteiger partial charge >= 0.3 is 0 Å². The summed E-state index contributed by atoms with van der Waals surface area (Å²) in [4.78, 5) is 35.1. The first-order valence-electron chi connectivity index (χ1n) is 17.0. The van der Waals surface area contributed by atoms with Gasteiger partial charge in [-0.15, -0.1) is 30.7 Å². The molecule has 6 N–H and O–H groups in total. The van der Waals surface area contributed by atoms with Crippen LogP contribution in [0.4, 0.5) is 10.3 Å². The summed E-state index contributed by atoms with van der Waals surface area (Å²) in [6.45, 7) is 3.27. The summed E-state index contributed by atoms with van der Waals surface area (Å²) in [5.74, 6) is -2.34. The molecule has 7 aromatic rings. The molecule has 0 saturated carbocycles. The third-order valence-electron chi connectivity index (χ3n) is 7.70. The zero-order valence-electron chi connectivity index (χ0n) is 30.4. The summed E-state index contributed by atoms with van der Waals surface area (Å²) in [5.41, 5.74) is 6.58. The molecule has 0 aliphatic rings. The number of benzene rings is 4. The fourth-order valence-electron chi connectivity index (χ4n) is 4.78. The van der Waals surface area contributed by atoms with Crippen molar-refractivity contribution in [3.63, 3.8) is 0 Å². The van der Waals surface area contributed by atoms with Gasteiger partial charge in [-0.05, 0) is 62.4 Å². The Morgan fingerprint density at radius 2 is 1.03 bits per heavy atom. The largest absolute Gasteiger partial charge is 0.508 e. The predicted molar refractivity (Wildman–Crippen MR) is 228 cm³/mol. The maximum absolute atomic E-state index is 13.1. The Bertz CT molecular complexity index is 2550. The van der Waals surface area contributed by atoms with Crippen LogP contribution in [0, 0.1) is 0 Å². The van der Waals surface area contributed by atoms with E-state index in [0.29, 0.717) is 18.9 Å². The maximum atomic E-state index is 13.1. The number of nitrogens with one attached hydrogen (secondary N) is 2. The van der Waals surface area contributed by atoms with Crippen LogP contribution in [0.2, 0.25) is 0 Å². The molecule has 0 aliphatic heterocycles. The molecule has 0 aliphatic carbocycles.